The first-order valence-corrected chi connectivity index (χ1v) is 29.7. The third kappa shape index (κ3) is 7.23. The molecule has 388 valence electrons. The van der Waals surface area contributed by atoms with E-state index in [-0.39, 0.29) is 44.6 Å². The number of nitrogens with zero attached hydrogens (tertiary/aromatic N) is 2. The van der Waals surface area contributed by atoms with Crippen molar-refractivity contribution in [1.29, 1.82) is 0 Å². The maximum absolute atomic E-state index is 2.77. The van der Waals surface area contributed by atoms with Gasteiger partial charge >= 0.3 is 0 Å². The molecule has 0 spiro atoms. The molecule has 0 atom stereocenters. The lowest BCUT2D eigenvalue weighted by Gasteiger charge is -2.48. The highest BCUT2D eigenvalue weighted by atomic mass is 32.1. The van der Waals surface area contributed by atoms with Crippen molar-refractivity contribution in [1.82, 2.24) is 0 Å². The maximum atomic E-state index is 2.77. The normalized spacial score (nSPS) is 19.9. The summed E-state index contributed by atoms with van der Waals surface area (Å²) in [5, 5.41) is 2.81. The lowest BCUT2D eigenvalue weighted by atomic mass is 9.33. The minimum atomic E-state index is -0.0178. The molecule has 0 saturated heterocycles. The average Bonchev–Trinajstić information content (AvgIpc) is 3.77. The average molecular weight is 1020 g/mol. The molecule has 4 heteroatoms. The zero-order valence-electron chi connectivity index (χ0n) is 49.0. The number of aryl methyl sites for hydroxylation is 2. The van der Waals surface area contributed by atoms with Gasteiger partial charge in [0.25, 0.3) is 6.71 Å². The van der Waals surface area contributed by atoms with Crippen molar-refractivity contribution in [2.45, 2.75) is 194 Å². The molecule has 0 saturated carbocycles. The van der Waals surface area contributed by atoms with Crippen LogP contribution in [0.1, 0.15) is 192 Å². The fraction of sp³-hybridized carbons (Fsp3) is 0.417. The molecule has 1 aromatic heterocycles. The van der Waals surface area contributed by atoms with E-state index in [2.05, 4.69) is 237 Å². The van der Waals surface area contributed by atoms with Gasteiger partial charge in [-0.1, -0.05) is 165 Å². The van der Waals surface area contributed by atoms with Gasteiger partial charge in [-0.3, -0.25) is 0 Å². The van der Waals surface area contributed by atoms with Gasteiger partial charge in [-0.05, 0) is 216 Å². The topological polar surface area (TPSA) is 6.48 Å². The van der Waals surface area contributed by atoms with Gasteiger partial charge in [0.05, 0.1) is 0 Å². The summed E-state index contributed by atoms with van der Waals surface area (Å²) in [6, 6.07) is 45.0. The second-order valence-electron chi connectivity index (χ2n) is 29.5. The van der Waals surface area contributed by atoms with Crippen LogP contribution in [0.15, 0.2) is 109 Å². The zero-order valence-corrected chi connectivity index (χ0v) is 49.8. The highest BCUT2D eigenvalue weighted by Gasteiger charge is 2.49. The van der Waals surface area contributed by atoms with E-state index in [9.17, 15) is 0 Å². The number of hydrogen-bond donors (Lipinski definition) is 0. The van der Waals surface area contributed by atoms with Gasteiger partial charge in [0.15, 0.2) is 0 Å². The molecule has 13 rings (SSSR count). The number of anilines is 6. The molecule has 0 amide bonds. The molecule has 7 aromatic carbocycles. The minimum absolute atomic E-state index is 0.0120. The number of thiophene rings is 1. The molecule has 0 unspecified atom stereocenters. The van der Waals surface area contributed by atoms with Crippen molar-refractivity contribution in [2.24, 2.45) is 0 Å². The zero-order chi connectivity index (χ0) is 53.8. The van der Waals surface area contributed by atoms with E-state index in [1.54, 1.807) is 0 Å². The van der Waals surface area contributed by atoms with Crippen molar-refractivity contribution in [3.05, 3.63) is 159 Å². The Labute approximate surface area is 460 Å². The van der Waals surface area contributed by atoms with Crippen LogP contribution in [0.2, 0.25) is 0 Å². The van der Waals surface area contributed by atoms with Gasteiger partial charge in [-0.15, -0.1) is 11.3 Å². The predicted molar refractivity (Wildman–Crippen MR) is 333 cm³/mol. The van der Waals surface area contributed by atoms with Gasteiger partial charge in [0.2, 0.25) is 0 Å². The monoisotopic (exact) mass is 1020 g/mol. The SMILES string of the molecule is Cc1ccccc1-c1cc2c3c(c1)N(c1cc4c(cc1C)C(C)(C)CCC4(C)C)c1cc4sc5cccc(C(C)(C)C)c5c4cc1B3c1cc3c(cc1N2c1ccc2c(c1)C(C)(C)CCC2(C)C)C(C)(C)CCC3(C)C. The van der Waals surface area contributed by atoms with Crippen LogP contribution in [-0.4, -0.2) is 6.71 Å². The van der Waals surface area contributed by atoms with Crippen molar-refractivity contribution >= 4 is 88.7 Å². The van der Waals surface area contributed by atoms with Gasteiger partial charge in [0, 0.05) is 54.3 Å². The van der Waals surface area contributed by atoms with Crippen LogP contribution in [0.5, 0.6) is 0 Å². The number of fused-ring (bicyclic) bond motifs is 10. The van der Waals surface area contributed by atoms with Crippen LogP contribution in [0.4, 0.5) is 34.1 Å². The molecule has 3 heterocycles. The second-order valence-corrected chi connectivity index (χ2v) is 30.5. The second kappa shape index (κ2) is 16.0. The molecule has 76 heavy (non-hydrogen) atoms. The highest BCUT2D eigenvalue weighted by Crippen LogP contribution is 2.56. The van der Waals surface area contributed by atoms with E-state index in [4.69, 9.17) is 0 Å². The Morgan fingerprint density at radius 1 is 0.434 bits per heavy atom. The minimum Gasteiger partial charge on any atom is -0.311 e. The van der Waals surface area contributed by atoms with E-state index < -0.39 is 0 Å². The molecule has 3 aliphatic carbocycles. The van der Waals surface area contributed by atoms with Crippen LogP contribution < -0.4 is 26.2 Å². The molecule has 8 aromatic rings. The van der Waals surface area contributed by atoms with Crippen LogP contribution in [0.3, 0.4) is 0 Å². The molecule has 0 N–H and O–H groups in total. The van der Waals surface area contributed by atoms with Crippen molar-refractivity contribution < 1.29 is 0 Å². The van der Waals surface area contributed by atoms with Gasteiger partial charge in [-0.25, -0.2) is 0 Å². The number of hydrogen-bond acceptors (Lipinski definition) is 3. The van der Waals surface area contributed by atoms with E-state index >= 15 is 0 Å². The fourth-order valence-electron chi connectivity index (χ4n) is 15.3. The summed E-state index contributed by atoms with van der Waals surface area (Å²) >= 11 is 1.97. The number of benzene rings is 7. The van der Waals surface area contributed by atoms with Crippen LogP contribution in [0, 0.1) is 13.8 Å². The molecule has 5 aliphatic rings. The Morgan fingerprint density at radius 3 is 1.55 bits per heavy atom. The third-order valence-electron chi connectivity index (χ3n) is 20.4. The molecular formula is C72H81BN2S. The molecule has 0 bridgehead atoms. The molecule has 0 fully saturated rings. The van der Waals surface area contributed by atoms with Crippen LogP contribution in [-0.2, 0) is 37.9 Å². The lowest BCUT2D eigenvalue weighted by Crippen LogP contribution is -2.62. The Kier molecular flexibility index (Phi) is 10.5. The molecule has 0 radical (unpaired) electrons. The quantitative estimate of drug-likeness (QED) is 0.163. The Balaban J connectivity index is 1.22. The van der Waals surface area contributed by atoms with Gasteiger partial charge in [0.1, 0.15) is 0 Å². The molecular weight excluding hydrogens is 936 g/mol. The third-order valence-corrected chi connectivity index (χ3v) is 21.5. The fourth-order valence-corrected chi connectivity index (χ4v) is 16.4. The van der Waals surface area contributed by atoms with Gasteiger partial charge < -0.3 is 9.80 Å². The first-order chi connectivity index (χ1) is 35.6. The van der Waals surface area contributed by atoms with Crippen molar-refractivity contribution in [3.63, 3.8) is 0 Å². The Morgan fingerprint density at radius 2 is 0.947 bits per heavy atom. The van der Waals surface area contributed by atoms with E-state index in [1.165, 1.54) is 170 Å². The predicted octanol–water partition coefficient (Wildman–Crippen LogP) is 18.8. The summed E-state index contributed by atoms with van der Waals surface area (Å²) in [7, 11) is 0. The summed E-state index contributed by atoms with van der Waals surface area (Å²) in [5.74, 6) is 0. The first kappa shape index (κ1) is 50.0. The van der Waals surface area contributed by atoms with Gasteiger partial charge in [-0.2, -0.15) is 0 Å². The summed E-state index contributed by atoms with van der Waals surface area (Å²) in [4.78, 5) is 5.52. The standard InChI is InChI=1S/C72H81BN2S/c1-42-21-18-19-22-46(42)44-34-60-65-61(35-44)75(57-39-53-50(33-43(57)2)68(8,9)29-31-71(53,14)15)59-41-63-47(64-49(66(3,4)5)23-20-24-62(64)76-63)37-55(59)73(65)56-38-52-54(72(16,17)32-30-70(52,12)13)40-58(56)74(60)45-25-26-48-51(36-45)69(10,11)28-27-67(48,6)7/h18-26,33-41H,27-32H2,1-17H3. The van der Waals surface area contributed by atoms with Crippen LogP contribution >= 0.6 is 11.3 Å². The largest absolute Gasteiger partial charge is 0.311 e. The summed E-state index contributed by atoms with van der Waals surface area (Å²) in [5.41, 5.74) is 28.0. The molecule has 2 nitrogen and oxygen atoms in total. The summed E-state index contributed by atoms with van der Waals surface area (Å²) in [6.07, 6.45) is 7.07. The summed E-state index contributed by atoms with van der Waals surface area (Å²) in [6.45, 7) is 41.8. The Bertz CT molecular complexity index is 3810. The Hall–Kier alpha value is -5.58. The number of rotatable bonds is 3. The molecule has 2 aliphatic heterocycles. The van der Waals surface area contributed by atoms with Crippen molar-refractivity contribution in [2.75, 3.05) is 9.80 Å². The maximum Gasteiger partial charge on any atom is 0.252 e. The summed E-state index contributed by atoms with van der Waals surface area (Å²) < 4.78 is 2.73. The van der Waals surface area contributed by atoms with E-state index in [1.807, 2.05) is 11.3 Å². The van der Waals surface area contributed by atoms with Crippen molar-refractivity contribution in [3.8, 4) is 11.1 Å². The van der Waals surface area contributed by atoms with E-state index in [0.717, 1.165) is 0 Å². The first-order valence-electron chi connectivity index (χ1n) is 28.9. The smallest absolute Gasteiger partial charge is 0.252 e. The van der Waals surface area contributed by atoms with E-state index in [0.29, 0.717) is 0 Å². The lowest BCUT2D eigenvalue weighted by molar-refractivity contribution is 0.332. The highest BCUT2D eigenvalue weighted by molar-refractivity contribution is 7.26. The van der Waals surface area contributed by atoms with Crippen LogP contribution in [0.25, 0.3) is 31.3 Å².